The summed E-state index contributed by atoms with van der Waals surface area (Å²) < 4.78 is 0. The van der Waals surface area contributed by atoms with Crippen LogP contribution in [-0.4, -0.2) is 17.2 Å². The summed E-state index contributed by atoms with van der Waals surface area (Å²) in [6.45, 7) is 0. The van der Waals surface area contributed by atoms with Crippen LogP contribution >= 0.6 is 11.6 Å². The number of H-pyrrole nitrogens is 1. The Kier molecular flexibility index (Phi) is 3.28. The summed E-state index contributed by atoms with van der Waals surface area (Å²) in [6.07, 6.45) is 3.19. The molecule has 0 saturated carbocycles. The lowest BCUT2D eigenvalue weighted by atomic mass is 10.1. The van der Waals surface area contributed by atoms with Crippen molar-refractivity contribution in [1.29, 1.82) is 0 Å². The zero-order valence-corrected chi connectivity index (χ0v) is 9.34. The van der Waals surface area contributed by atoms with Crippen LogP contribution in [0, 0.1) is 11.8 Å². The molecule has 0 unspecified atom stereocenters. The Balaban J connectivity index is 2.56. The van der Waals surface area contributed by atoms with Gasteiger partial charge in [0.2, 0.25) is 0 Å². The molecular formula is C13H10ClNO. The molecule has 2 rings (SSSR count). The predicted octanol–water partition coefficient (Wildman–Crippen LogP) is 2.96. The van der Waals surface area contributed by atoms with Crippen molar-refractivity contribution in [2.24, 2.45) is 0 Å². The van der Waals surface area contributed by atoms with Crippen LogP contribution in [0.3, 0.4) is 0 Å². The van der Waals surface area contributed by atoms with E-state index < -0.39 is 0 Å². The molecule has 0 aliphatic carbocycles. The van der Waals surface area contributed by atoms with E-state index in [-0.39, 0.29) is 0 Å². The molecule has 0 spiro atoms. The number of aromatic nitrogens is 1. The standard InChI is InChI=1S/C13H10ClNO/c14-7-2-1-4-10-5-3-6-12-13(10)11(9-16)8-15-12/h3,5-6,8-9,15H,2,7H2. The van der Waals surface area contributed by atoms with Crippen molar-refractivity contribution >= 4 is 28.8 Å². The van der Waals surface area contributed by atoms with E-state index in [0.29, 0.717) is 17.9 Å². The van der Waals surface area contributed by atoms with Gasteiger partial charge in [0.25, 0.3) is 0 Å². The maximum absolute atomic E-state index is 10.9. The van der Waals surface area contributed by atoms with Crippen LogP contribution in [0.25, 0.3) is 10.9 Å². The van der Waals surface area contributed by atoms with Gasteiger partial charge < -0.3 is 4.98 Å². The normalized spacial score (nSPS) is 9.81. The summed E-state index contributed by atoms with van der Waals surface area (Å²) in [4.78, 5) is 13.9. The Bertz CT molecular complexity index is 574. The molecule has 1 aromatic carbocycles. The average Bonchev–Trinajstić information content (AvgIpc) is 2.73. The molecule has 2 aromatic rings. The number of carbonyl (C=O) groups excluding carboxylic acids is 1. The van der Waals surface area contributed by atoms with Crippen molar-refractivity contribution in [3.8, 4) is 11.8 Å². The van der Waals surface area contributed by atoms with E-state index in [1.807, 2.05) is 18.2 Å². The van der Waals surface area contributed by atoms with E-state index in [2.05, 4.69) is 16.8 Å². The molecule has 0 bridgehead atoms. The molecule has 1 aromatic heterocycles. The second-order valence-corrected chi connectivity index (χ2v) is 3.71. The molecule has 0 amide bonds. The van der Waals surface area contributed by atoms with Gasteiger partial charge >= 0.3 is 0 Å². The van der Waals surface area contributed by atoms with Crippen LogP contribution < -0.4 is 0 Å². The summed E-state index contributed by atoms with van der Waals surface area (Å²) in [5.41, 5.74) is 2.44. The Morgan fingerprint density at radius 3 is 3.06 bits per heavy atom. The minimum Gasteiger partial charge on any atom is -0.360 e. The van der Waals surface area contributed by atoms with Crippen molar-refractivity contribution in [2.75, 3.05) is 5.88 Å². The zero-order valence-electron chi connectivity index (χ0n) is 8.59. The largest absolute Gasteiger partial charge is 0.360 e. The van der Waals surface area contributed by atoms with Gasteiger partial charge in [-0.1, -0.05) is 17.9 Å². The van der Waals surface area contributed by atoms with Crippen molar-refractivity contribution in [3.05, 3.63) is 35.5 Å². The highest BCUT2D eigenvalue weighted by Crippen LogP contribution is 2.20. The number of hydrogen-bond acceptors (Lipinski definition) is 1. The molecule has 16 heavy (non-hydrogen) atoms. The monoisotopic (exact) mass is 231 g/mol. The van der Waals surface area contributed by atoms with E-state index in [1.165, 1.54) is 0 Å². The van der Waals surface area contributed by atoms with Crippen LogP contribution in [0.15, 0.2) is 24.4 Å². The lowest BCUT2D eigenvalue weighted by Gasteiger charge is -1.95. The van der Waals surface area contributed by atoms with Crippen LogP contribution in [0.2, 0.25) is 0 Å². The number of halogens is 1. The summed E-state index contributed by atoms with van der Waals surface area (Å²) in [5, 5.41) is 0.888. The molecule has 0 aliphatic heterocycles. The Morgan fingerprint density at radius 1 is 1.44 bits per heavy atom. The fourth-order valence-electron chi connectivity index (χ4n) is 1.61. The van der Waals surface area contributed by atoms with Crippen LogP contribution in [-0.2, 0) is 0 Å². The molecule has 1 heterocycles. The van der Waals surface area contributed by atoms with Crippen molar-refractivity contribution in [1.82, 2.24) is 4.98 Å². The van der Waals surface area contributed by atoms with Gasteiger partial charge in [-0.2, -0.15) is 0 Å². The van der Waals surface area contributed by atoms with E-state index in [0.717, 1.165) is 22.8 Å². The summed E-state index contributed by atoms with van der Waals surface area (Å²) in [6, 6.07) is 5.75. The Morgan fingerprint density at radius 2 is 2.31 bits per heavy atom. The molecule has 0 fully saturated rings. The number of hydrogen-bond donors (Lipinski definition) is 1. The third-order valence-corrected chi connectivity index (χ3v) is 2.49. The first kappa shape index (κ1) is 10.8. The average molecular weight is 232 g/mol. The number of benzene rings is 1. The third-order valence-electron chi connectivity index (χ3n) is 2.31. The molecule has 0 aliphatic rings. The van der Waals surface area contributed by atoms with Gasteiger partial charge in [0.1, 0.15) is 0 Å². The van der Waals surface area contributed by atoms with E-state index in [1.54, 1.807) is 6.20 Å². The number of aldehydes is 1. The number of aromatic amines is 1. The smallest absolute Gasteiger partial charge is 0.152 e. The van der Waals surface area contributed by atoms with Crippen LogP contribution in [0.1, 0.15) is 22.3 Å². The van der Waals surface area contributed by atoms with Gasteiger partial charge in [-0.05, 0) is 12.1 Å². The number of nitrogens with one attached hydrogen (secondary N) is 1. The van der Waals surface area contributed by atoms with Crippen molar-refractivity contribution < 1.29 is 4.79 Å². The predicted molar refractivity (Wildman–Crippen MR) is 65.9 cm³/mol. The van der Waals surface area contributed by atoms with E-state index >= 15 is 0 Å². The van der Waals surface area contributed by atoms with Gasteiger partial charge in [0, 0.05) is 40.5 Å². The quantitative estimate of drug-likeness (QED) is 0.481. The maximum atomic E-state index is 10.9. The number of alkyl halides is 1. The molecule has 80 valence electrons. The van der Waals surface area contributed by atoms with Crippen LogP contribution in [0.4, 0.5) is 0 Å². The van der Waals surface area contributed by atoms with Gasteiger partial charge in [0.05, 0.1) is 0 Å². The Labute approximate surface area is 98.6 Å². The summed E-state index contributed by atoms with van der Waals surface area (Å²) in [7, 11) is 0. The SMILES string of the molecule is O=Cc1c[nH]c2cccc(C#CCCCl)c12. The topological polar surface area (TPSA) is 32.9 Å². The minimum atomic E-state index is 0.524. The molecule has 3 heteroatoms. The van der Waals surface area contributed by atoms with Crippen LogP contribution in [0.5, 0.6) is 0 Å². The fourth-order valence-corrected chi connectivity index (χ4v) is 1.71. The highest BCUT2D eigenvalue weighted by atomic mass is 35.5. The zero-order chi connectivity index (χ0) is 11.4. The van der Waals surface area contributed by atoms with Gasteiger partial charge in [-0.3, -0.25) is 4.79 Å². The van der Waals surface area contributed by atoms with Gasteiger partial charge in [-0.15, -0.1) is 11.6 Å². The van der Waals surface area contributed by atoms with Gasteiger partial charge in [0.15, 0.2) is 6.29 Å². The molecular weight excluding hydrogens is 222 g/mol. The molecule has 1 N–H and O–H groups in total. The first-order valence-corrected chi connectivity index (χ1v) is 5.50. The first-order chi connectivity index (χ1) is 7.86. The maximum Gasteiger partial charge on any atom is 0.152 e. The van der Waals surface area contributed by atoms with Gasteiger partial charge in [-0.25, -0.2) is 0 Å². The van der Waals surface area contributed by atoms with Crippen molar-refractivity contribution in [3.63, 3.8) is 0 Å². The number of carbonyl (C=O) groups is 1. The lowest BCUT2D eigenvalue weighted by molar-refractivity contribution is 0.112. The first-order valence-electron chi connectivity index (χ1n) is 4.97. The lowest BCUT2D eigenvalue weighted by Crippen LogP contribution is -1.81. The highest BCUT2D eigenvalue weighted by Gasteiger charge is 2.05. The highest BCUT2D eigenvalue weighted by molar-refractivity contribution is 6.18. The number of fused-ring (bicyclic) bond motifs is 1. The van der Waals surface area contributed by atoms with E-state index in [4.69, 9.17) is 11.6 Å². The molecule has 0 saturated heterocycles. The second-order valence-electron chi connectivity index (χ2n) is 3.33. The van der Waals surface area contributed by atoms with E-state index in [9.17, 15) is 4.79 Å². The van der Waals surface area contributed by atoms with Crippen molar-refractivity contribution in [2.45, 2.75) is 6.42 Å². The second kappa shape index (κ2) is 4.87. The minimum absolute atomic E-state index is 0.524. The fraction of sp³-hybridized carbons (Fsp3) is 0.154. The molecule has 0 atom stereocenters. The summed E-state index contributed by atoms with van der Waals surface area (Å²) in [5.74, 6) is 6.53. The Hall–Kier alpha value is -1.72. The number of rotatable bonds is 2. The summed E-state index contributed by atoms with van der Waals surface area (Å²) >= 11 is 5.56. The molecule has 2 nitrogen and oxygen atoms in total. The molecule has 0 radical (unpaired) electrons. The third kappa shape index (κ3) is 1.95.